The third-order valence-electron chi connectivity index (χ3n) is 6.57. The van der Waals surface area contributed by atoms with Gasteiger partial charge in [0.2, 0.25) is 0 Å². The van der Waals surface area contributed by atoms with Crippen molar-refractivity contribution in [2.45, 2.75) is 64.5 Å². The smallest absolute Gasteiger partial charge is 0.120 e. The largest absolute Gasteiger partial charge is 0.488 e. The number of hydrazone groups is 1. The normalized spacial score (nSPS) is 16.4. The number of hydrogen-bond acceptors (Lipinski definition) is 4. The second kappa shape index (κ2) is 10.7. The van der Waals surface area contributed by atoms with Crippen LogP contribution < -0.4 is 9.75 Å². The van der Waals surface area contributed by atoms with Crippen LogP contribution in [-0.4, -0.2) is 23.0 Å². The fourth-order valence-electron chi connectivity index (χ4n) is 4.40. The molecule has 0 amide bonds. The molecular formula is C32H38N2O2. The molecule has 0 saturated carbocycles. The lowest BCUT2D eigenvalue weighted by molar-refractivity contribution is 0.0765. The Morgan fingerprint density at radius 2 is 1.56 bits per heavy atom. The zero-order valence-corrected chi connectivity index (χ0v) is 22.1. The molecule has 1 atom stereocenters. The van der Waals surface area contributed by atoms with Gasteiger partial charge in [0.25, 0.3) is 0 Å². The molecule has 36 heavy (non-hydrogen) atoms. The van der Waals surface area contributed by atoms with Gasteiger partial charge in [0.15, 0.2) is 0 Å². The molecule has 4 rings (SSSR count). The Balaban J connectivity index is 1.54. The second-order valence-corrected chi connectivity index (χ2v) is 11.1. The van der Waals surface area contributed by atoms with Crippen LogP contribution in [0.4, 0.5) is 5.69 Å². The number of allylic oxidation sites excluding steroid dienone is 1. The van der Waals surface area contributed by atoms with Gasteiger partial charge in [0, 0.05) is 19.4 Å². The number of hydrogen-bond donors (Lipinski definition) is 1. The number of rotatable bonds is 8. The van der Waals surface area contributed by atoms with Crippen LogP contribution in [0.3, 0.4) is 0 Å². The molecule has 4 nitrogen and oxygen atoms in total. The van der Waals surface area contributed by atoms with Gasteiger partial charge < -0.3 is 9.84 Å². The highest BCUT2D eigenvalue weighted by atomic mass is 16.5. The molecule has 1 N–H and O–H groups in total. The lowest BCUT2D eigenvalue weighted by atomic mass is 9.87. The number of aliphatic hydroxyl groups excluding tert-OH is 1. The van der Waals surface area contributed by atoms with Crippen LogP contribution in [0.5, 0.6) is 5.75 Å². The maximum atomic E-state index is 9.29. The minimum atomic E-state index is -0.411. The number of benzene rings is 3. The van der Waals surface area contributed by atoms with E-state index in [1.165, 1.54) is 16.7 Å². The predicted octanol–water partition coefficient (Wildman–Crippen LogP) is 7.54. The maximum absolute atomic E-state index is 9.29. The highest BCUT2D eigenvalue weighted by Gasteiger charge is 2.28. The SMILES string of the molecule is CC(C)(CCO)Oc1ccc(C2CC(/C=C/c3ccc(C(C)(C)C)cc3)=NN2c2ccccc2)cc1. The third kappa shape index (κ3) is 6.44. The summed E-state index contributed by atoms with van der Waals surface area (Å²) in [6, 6.07) is 27.5. The lowest BCUT2D eigenvalue weighted by Crippen LogP contribution is -2.29. The van der Waals surface area contributed by atoms with Crippen molar-refractivity contribution in [3.8, 4) is 5.75 Å². The Morgan fingerprint density at radius 3 is 2.17 bits per heavy atom. The molecule has 0 fully saturated rings. The van der Waals surface area contributed by atoms with E-state index in [0.29, 0.717) is 6.42 Å². The summed E-state index contributed by atoms with van der Waals surface area (Å²) in [6.45, 7) is 10.8. The molecule has 1 aliphatic heterocycles. The van der Waals surface area contributed by atoms with Crippen molar-refractivity contribution in [3.63, 3.8) is 0 Å². The standard InChI is InChI=1S/C32H38N2O2/c1-31(2,3)26-16-11-24(12-17-26)13-18-27-23-30(34(33-27)28-9-7-6-8-10-28)25-14-19-29(20-15-25)36-32(4,5)21-22-35/h6-20,30,35H,21-23H2,1-5H3/b18-13+. The average molecular weight is 483 g/mol. The molecule has 1 unspecified atom stereocenters. The molecule has 0 bridgehead atoms. The van der Waals surface area contributed by atoms with Gasteiger partial charge in [-0.1, -0.05) is 81.4 Å². The number of nitrogens with zero attached hydrogens (tertiary/aromatic N) is 2. The lowest BCUT2D eigenvalue weighted by Gasteiger charge is -2.27. The van der Waals surface area contributed by atoms with Crippen molar-refractivity contribution in [1.82, 2.24) is 0 Å². The molecule has 188 valence electrons. The summed E-state index contributed by atoms with van der Waals surface area (Å²) in [4.78, 5) is 0. The minimum absolute atomic E-state index is 0.105. The van der Waals surface area contributed by atoms with Crippen LogP contribution in [0.15, 0.2) is 90.0 Å². The van der Waals surface area contributed by atoms with Crippen LogP contribution in [0.1, 0.15) is 70.2 Å². The first-order valence-electron chi connectivity index (χ1n) is 12.7. The van der Waals surface area contributed by atoms with Gasteiger partial charge in [-0.05, 0) is 66.3 Å². The zero-order valence-electron chi connectivity index (χ0n) is 22.1. The summed E-state index contributed by atoms with van der Waals surface area (Å²) in [5.41, 5.74) is 5.56. The number of para-hydroxylation sites is 1. The van der Waals surface area contributed by atoms with E-state index in [1.807, 2.05) is 44.2 Å². The van der Waals surface area contributed by atoms with Crippen molar-refractivity contribution in [1.29, 1.82) is 0 Å². The van der Waals surface area contributed by atoms with Crippen molar-refractivity contribution in [2.75, 3.05) is 11.6 Å². The van der Waals surface area contributed by atoms with Crippen LogP contribution in [0.25, 0.3) is 6.08 Å². The first kappa shape index (κ1) is 25.7. The molecule has 1 aliphatic rings. The molecule has 0 aromatic heterocycles. The van der Waals surface area contributed by atoms with Gasteiger partial charge in [0.05, 0.1) is 17.4 Å². The van der Waals surface area contributed by atoms with E-state index in [4.69, 9.17) is 9.84 Å². The Bertz CT molecular complexity index is 1190. The molecule has 1 heterocycles. The van der Waals surface area contributed by atoms with Crippen molar-refractivity contribution in [2.24, 2.45) is 5.10 Å². The van der Waals surface area contributed by atoms with E-state index in [-0.39, 0.29) is 18.1 Å². The van der Waals surface area contributed by atoms with Crippen molar-refractivity contribution >= 4 is 17.5 Å². The molecule has 0 saturated heterocycles. The number of ether oxygens (including phenoxy) is 1. The second-order valence-electron chi connectivity index (χ2n) is 11.1. The van der Waals surface area contributed by atoms with Gasteiger partial charge >= 0.3 is 0 Å². The molecule has 0 spiro atoms. The van der Waals surface area contributed by atoms with E-state index < -0.39 is 5.60 Å². The summed E-state index contributed by atoms with van der Waals surface area (Å²) in [7, 11) is 0. The highest BCUT2D eigenvalue weighted by Crippen LogP contribution is 2.36. The molecule has 3 aromatic carbocycles. The minimum Gasteiger partial charge on any atom is -0.488 e. The van der Waals surface area contributed by atoms with E-state index in [9.17, 15) is 5.11 Å². The Kier molecular flexibility index (Phi) is 7.65. The Labute approximate surface area is 215 Å². The van der Waals surface area contributed by atoms with E-state index in [1.54, 1.807) is 0 Å². The molecule has 3 aromatic rings. The first-order valence-corrected chi connectivity index (χ1v) is 12.7. The monoisotopic (exact) mass is 482 g/mol. The van der Waals surface area contributed by atoms with Gasteiger partial charge in [-0.25, -0.2) is 0 Å². The van der Waals surface area contributed by atoms with E-state index in [2.05, 4.69) is 86.5 Å². The average Bonchev–Trinajstić information content (AvgIpc) is 3.27. The van der Waals surface area contributed by atoms with Gasteiger partial charge in [-0.15, -0.1) is 0 Å². The molecule has 0 radical (unpaired) electrons. The third-order valence-corrected chi connectivity index (χ3v) is 6.57. The zero-order chi connectivity index (χ0) is 25.8. The Morgan fingerprint density at radius 1 is 0.889 bits per heavy atom. The fraction of sp³-hybridized carbons (Fsp3) is 0.344. The first-order chi connectivity index (χ1) is 17.1. The number of anilines is 1. The summed E-state index contributed by atoms with van der Waals surface area (Å²) >= 11 is 0. The van der Waals surface area contributed by atoms with Gasteiger partial charge in [0.1, 0.15) is 11.4 Å². The van der Waals surface area contributed by atoms with Crippen LogP contribution >= 0.6 is 0 Å². The summed E-state index contributed by atoms with van der Waals surface area (Å²) in [5.74, 6) is 0.807. The van der Waals surface area contributed by atoms with Crippen LogP contribution in [0.2, 0.25) is 0 Å². The summed E-state index contributed by atoms with van der Waals surface area (Å²) < 4.78 is 6.10. The van der Waals surface area contributed by atoms with E-state index in [0.717, 1.165) is 23.6 Å². The predicted molar refractivity (Wildman–Crippen MR) is 151 cm³/mol. The van der Waals surface area contributed by atoms with Crippen LogP contribution in [-0.2, 0) is 5.41 Å². The molecular weight excluding hydrogens is 444 g/mol. The maximum Gasteiger partial charge on any atom is 0.120 e. The molecule has 4 heteroatoms. The van der Waals surface area contributed by atoms with Gasteiger partial charge in [-0.2, -0.15) is 5.10 Å². The Hall–Kier alpha value is -3.37. The van der Waals surface area contributed by atoms with Gasteiger partial charge in [-0.3, -0.25) is 5.01 Å². The summed E-state index contributed by atoms with van der Waals surface area (Å²) in [5, 5.41) is 16.4. The van der Waals surface area contributed by atoms with E-state index >= 15 is 0 Å². The van der Waals surface area contributed by atoms with Crippen molar-refractivity contribution in [3.05, 3.63) is 102 Å². The number of aliphatic hydroxyl groups is 1. The quantitative estimate of drug-likeness (QED) is 0.361. The highest BCUT2D eigenvalue weighted by molar-refractivity contribution is 6.01. The topological polar surface area (TPSA) is 45.1 Å². The molecule has 0 aliphatic carbocycles. The van der Waals surface area contributed by atoms with Crippen LogP contribution in [0, 0.1) is 0 Å². The fourth-order valence-corrected chi connectivity index (χ4v) is 4.40. The summed E-state index contributed by atoms with van der Waals surface area (Å²) in [6.07, 6.45) is 5.69. The van der Waals surface area contributed by atoms with Crippen molar-refractivity contribution < 1.29 is 9.84 Å².